The predicted molar refractivity (Wildman–Crippen MR) is 85.0 cm³/mol. The van der Waals surface area contributed by atoms with Gasteiger partial charge >= 0.3 is 0 Å². The molecule has 0 bridgehead atoms. The molecule has 0 aliphatic carbocycles. The number of hydrogen-bond donors (Lipinski definition) is 1. The molecule has 1 N–H and O–H groups in total. The van der Waals surface area contributed by atoms with E-state index in [1.807, 2.05) is 0 Å². The number of nitrogens with zero attached hydrogens (tertiary/aromatic N) is 2. The van der Waals surface area contributed by atoms with Crippen molar-refractivity contribution < 1.29 is 18.0 Å². The van der Waals surface area contributed by atoms with Crippen LogP contribution in [0.15, 0.2) is 48.8 Å². The van der Waals surface area contributed by atoms with Crippen molar-refractivity contribution in [3.8, 4) is 5.69 Å². The van der Waals surface area contributed by atoms with Gasteiger partial charge in [0.2, 0.25) is 5.91 Å². The molecule has 1 aromatic heterocycles. The Labute approximate surface area is 140 Å². The van der Waals surface area contributed by atoms with Crippen LogP contribution < -0.4 is 5.32 Å². The molecule has 1 amide bonds. The summed E-state index contributed by atoms with van der Waals surface area (Å²) in [7, 11) is 0. The van der Waals surface area contributed by atoms with Crippen molar-refractivity contribution in [2.24, 2.45) is 0 Å². The topological polar surface area (TPSA) is 46.9 Å². The summed E-state index contributed by atoms with van der Waals surface area (Å²) in [5, 5.41) is 2.72. The van der Waals surface area contributed by atoms with Gasteiger partial charge in [-0.2, -0.15) is 0 Å². The van der Waals surface area contributed by atoms with E-state index in [-0.39, 0.29) is 12.3 Å². The van der Waals surface area contributed by atoms with Gasteiger partial charge in [0.1, 0.15) is 18.0 Å². The molecule has 0 radical (unpaired) electrons. The highest BCUT2D eigenvalue weighted by molar-refractivity contribution is 5.94. The monoisotopic (exact) mass is 343 g/mol. The van der Waals surface area contributed by atoms with E-state index < -0.39 is 23.4 Å². The van der Waals surface area contributed by atoms with Crippen LogP contribution in [0.2, 0.25) is 0 Å². The lowest BCUT2D eigenvalue weighted by molar-refractivity contribution is -0.116. The van der Waals surface area contributed by atoms with Gasteiger partial charge < -0.3 is 5.32 Å². The van der Waals surface area contributed by atoms with Crippen LogP contribution in [0, 0.1) is 17.5 Å². The highest BCUT2D eigenvalue weighted by Gasteiger charge is 2.31. The molecule has 4 nitrogen and oxygen atoms in total. The minimum Gasteiger partial charge on any atom is -0.310 e. The number of carbonyl (C=O) groups is 1. The van der Waals surface area contributed by atoms with E-state index in [1.165, 1.54) is 24.5 Å². The highest BCUT2D eigenvalue weighted by atomic mass is 19.2. The second-order valence-electron chi connectivity index (χ2n) is 5.81. The zero-order valence-electron chi connectivity index (χ0n) is 12.8. The Kier molecular flexibility index (Phi) is 3.56. The van der Waals surface area contributed by atoms with Gasteiger partial charge in [-0.3, -0.25) is 9.36 Å². The minimum atomic E-state index is -0.977. The molecular formula is C18H12F3N3O. The van der Waals surface area contributed by atoms with E-state index in [0.717, 1.165) is 12.1 Å². The van der Waals surface area contributed by atoms with Gasteiger partial charge in [-0.15, -0.1) is 0 Å². The van der Waals surface area contributed by atoms with Gasteiger partial charge in [0.25, 0.3) is 0 Å². The second kappa shape index (κ2) is 5.77. The fourth-order valence-electron chi connectivity index (χ4n) is 3.03. The van der Waals surface area contributed by atoms with Crippen molar-refractivity contribution in [1.82, 2.24) is 9.55 Å². The molecule has 0 unspecified atom stereocenters. The summed E-state index contributed by atoms with van der Waals surface area (Å²) in [6, 6.07) is 9.40. The van der Waals surface area contributed by atoms with Crippen molar-refractivity contribution in [3.05, 3.63) is 77.5 Å². The molecule has 3 aromatic rings. The van der Waals surface area contributed by atoms with Gasteiger partial charge in [0, 0.05) is 12.3 Å². The molecule has 1 aliphatic heterocycles. The highest BCUT2D eigenvalue weighted by Crippen LogP contribution is 2.37. The van der Waals surface area contributed by atoms with Gasteiger partial charge in [0.15, 0.2) is 11.6 Å². The van der Waals surface area contributed by atoms with Crippen molar-refractivity contribution in [2.75, 3.05) is 5.32 Å². The quantitative estimate of drug-likeness (QED) is 0.770. The lowest BCUT2D eigenvalue weighted by Crippen LogP contribution is -2.25. The normalized spacial score (nSPS) is 16.4. The number of rotatable bonds is 2. The van der Waals surface area contributed by atoms with Crippen LogP contribution in [0.5, 0.6) is 0 Å². The maximum Gasteiger partial charge on any atom is 0.226 e. The SMILES string of the molecule is O=C1C[C@H](c2ccc(F)c(F)c2)c2ncn(-c3cccc(F)c3)c2N1. The molecule has 0 saturated carbocycles. The first-order valence-corrected chi connectivity index (χ1v) is 7.61. The second-order valence-corrected chi connectivity index (χ2v) is 5.81. The van der Waals surface area contributed by atoms with Crippen molar-refractivity contribution in [1.29, 1.82) is 0 Å². The molecular weight excluding hydrogens is 331 g/mol. The van der Waals surface area contributed by atoms with Crippen LogP contribution in [0.3, 0.4) is 0 Å². The number of carbonyl (C=O) groups excluding carboxylic acids is 1. The van der Waals surface area contributed by atoms with Crippen molar-refractivity contribution in [3.63, 3.8) is 0 Å². The van der Waals surface area contributed by atoms with Gasteiger partial charge in [0.05, 0.1) is 11.4 Å². The molecule has 0 fully saturated rings. The Hall–Kier alpha value is -3.09. The first-order chi connectivity index (χ1) is 12.0. The Morgan fingerprint density at radius 2 is 1.92 bits per heavy atom. The number of imidazole rings is 1. The Morgan fingerprint density at radius 3 is 2.68 bits per heavy atom. The molecule has 1 atom stereocenters. The van der Waals surface area contributed by atoms with Gasteiger partial charge in [-0.05, 0) is 35.9 Å². The summed E-state index contributed by atoms with van der Waals surface area (Å²) >= 11 is 0. The summed E-state index contributed by atoms with van der Waals surface area (Å²) in [4.78, 5) is 16.4. The van der Waals surface area contributed by atoms with Crippen molar-refractivity contribution in [2.45, 2.75) is 12.3 Å². The molecule has 7 heteroatoms. The first kappa shape index (κ1) is 15.4. The summed E-state index contributed by atoms with van der Waals surface area (Å²) in [5.41, 5.74) is 1.48. The smallest absolute Gasteiger partial charge is 0.226 e. The Morgan fingerprint density at radius 1 is 1.08 bits per heavy atom. The van der Waals surface area contributed by atoms with Gasteiger partial charge in [-0.1, -0.05) is 12.1 Å². The number of nitrogens with one attached hydrogen (secondary N) is 1. The maximum absolute atomic E-state index is 13.6. The Balaban J connectivity index is 1.82. The summed E-state index contributed by atoms with van der Waals surface area (Å²) in [6.07, 6.45) is 1.54. The zero-order chi connectivity index (χ0) is 17.6. The molecule has 0 spiro atoms. The van der Waals surface area contributed by atoms with E-state index in [2.05, 4.69) is 10.3 Å². The van der Waals surface area contributed by atoms with Crippen LogP contribution in [0.4, 0.5) is 19.0 Å². The van der Waals surface area contributed by atoms with Crippen LogP contribution in [-0.4, -0.2) is 15.5 Å². The fourth-order valence-corrected chi connectivity index (χ4v) is 3.03. The molecule has 4 rings (SSSR count). The van der Waals surface area contributed by atoms with E-state index >= 15 is 0 Å². The number of hydrogen-bond acceptors (Lipinski definition) is 2. The fraction of sp³-hybridized carbons (Fsp3) is 0.111. The molecule has 126 valence electrons. The van der Waals surface area contributed by atoms with E-state index in [1.54, 1.807) is 16.7 Å². The number of aromatic nitrogens is 2. The Bertz CT molecular complexity index is 983. The van der Waals surface area contributed by atoms with Crippen LogP contribution >= 0.6 is 0 Å². The molecule has 2 aromatic carbocycles. The average molecular weight is 343 g/mol. The number of fused-ring (bicyclic) bond motifs is 1. The third-order valence-corrected chi connectivity index (χ3v) is 4.21. The number of anilines is 1. The molecule has 1 aliphatic rings. The van der Waals surface area contributed by atoms with Crippen molar-refractivity contribution >= 4 is 11.7 Å². The van der Waals surface area contributed by atoms with E-state index in [4.69, 9.17) is 0 Å². The minimum absolute atomic E-state index is 0.0677. The van der Waals surface area contributed by atoms with E-state index in [0.29, 0.717) is 22.8 Å². The number of halogens is 3. The lowest BCUT2D eigenvalue weighted by atomic mass is 9.89. The summed E-state index contributed by atoms with van der Waals surface area (Å²) in [5.74, 6) is -2.73. The summed E-state index contributed by atoms with van der Waals surface area (Å²) < 4.78 is 41.8. The van der Waals surface area contributed by atoms with Gasteiger partial charge in [-0.25, -0.2) is 18.2 Å². The lowest BCUT2D eigenvalue weighted by Gasteiger charge is -2.23. The third-order valence-electron chi connectivity index (χ3n) is 4.21. The van der Waals surface area contributed by atoms with Crippen LogP contribution in [0.25, 0.3) is 5.69 Å². The van der Waals surface area contributed by atoms with Crippen LogP contribution in [0.1, 0.15) is 23.6 Å². The largest absolute Gasteiger partial charge is 0.310 e. The zero-order valence-corrected chi connectivity index (χ0v) is 12.8. The molecule has 2 heterocycles. The predicted octanol–water partition coefficient (Wildman–Crippen LogP) is 3.76. The van der Waals surface area contributed by atoms with E-state index in [9.17, 15) is 18.0 Å². The summed E-state index contributed by atoms with van der Waals surface area (Å²) in [6.45, 7) is 0. The maximum atomic E-state index is 13.6. The molecule has 25 heavy (non-hydrogen) atoms. The first-order valence-electron chi connectivity index (χ1n) is 7.61. The number of benzene rings is 2. The standard InChI is InChI=1S/C18H12F3N3O/c19-11-2-1-3-12(7-11)24-9-22-17-13(8-16(25)23-18(17)24)10-4-5-14(20)15(21)6-10/h1-7,9,13H,8H2,(H,23,25)/t13-/m1/s1. The molecule has 0 saturated heterocycles. The average Bonchev–Trinajstić information content (AvgIpc) is 3.00. The number of amides is 1. The van der Waals surface area contributed by atoms with Crippen LogP contribution in [-0.2, 0) is 4.79 Å². The third kappa shape index (κ3) is 2.67.